The third-order valence-electron chi connectivity index (χ3n) is 6.52. The zero-order valence-electron chi connectivity index (χ0n) is 21.2. The smallest absolute Gasteiger partial charge is 0.422 e. The van der Waals surface area contributed by atoms with E-state index in [1.807, 2.05) is 19.2 Å². The molecular formula is C26H31Cl2F3N4O3. The Kier molecular flexibility index (Phi) is 10.8. The minimum Gasteiger partial charge on any atom is -0.449 e. The van der Waals surface area contributed by atoms with Gasteiger partial charge >= 0.3 is 18.1 Å². The van der Waals surface area contributed by atoms with Crippen LogP contribution in [0.25, 0.3) is 0 Å². The van der Waals surface area contributed by atoms with E-state index in [4.69, 9.17) is 23.2 Å². The van der Waals surface area contributed by atoms with Gasteiger partial charge in [-0.25, -0.2) is 4.79 Å². The summed E-state index contributed by atoms with van der Waals surface area (Å²) in [4.78, 5) is 33.2. The summed E-state index contributed by atoms with van der Waals surface area (Å²) in [5.74, 6) is -1.69. The van der Waals surface area contributed by atoms with E-state index < -0.39 is 30.7 Å². The fourth-order valence-electron chi connectivity index (χ4n) is 4.56. The molecule has 2 aliphatic heterocycles. The number of pyridine rings is 2. The number of alkyl halides is 3. The van der Waals surface area contributed by atoms with Crippen molar-refractivity contribution in [1.29, 1.82) is 0 Å². The normalized spacial score (nSPS) is 23.7. The first-order chi connectivity index (χ1) is 17.9. The van der Waals surface area contributed by atoms with Crippen LogP contribution < -0.4 is 5.32 Å². The molecule has 1 amide bonds. The van der Waals surface area contributed by atoms with E-state index in [0.717, 1.165) is 23.9 Å². The van der Waals surface area contributed by atoms with E-state index >= 15 is 0 Å². The molecule has 0 aromatic carbocycles. The van der Waals surface area contributed by atoms with Crippen molar-refractivity contribution in [3.8, 4) is 0 Å². The maximum atomic E-state index is 12.3. The standard InChI is InChI=1S/C15H16ClF3N2O3.C11H15ClN2/c1-9-2-3-12(10-4-11(16)6-20-5-10)21(7-9)13(22)14(23)24-8-15(17,18)19;1-8-2-3-11(14-5-8)9-4-10(12)7-13-6-9/h4-6,9,12H,2-3,7-8H2,1H3;4,6-8,11,14H,2-3,5H2,1H3. The van der Waals surface area contributed by atoms with Gasteiger partial charge in [-0.2, -0.15) is 13.2 Å². The number of hydrogen-bond acceptors (Lipinski definition) is 6. The average Bonchev–Trinajstić information content (AvgIpc) is 2.87. The summed E-state index contributed by atoms with van der Waals surface area (Å²) in [6, 6.07) is 3.59. The number of esters is 1. The van der Waals surface area contributed by atoms with Crippen LogP contribution in [0.15, 0.2) is 36.9 Å². The van der Waals surface area contributed by atoms with Gasteiger partial charge in [-0.1, -0.05) is 37.0 Å². The summed E-state index contributed by atoms with van der Waals surface area (Å²) in [7, 11) is 0. The number of aromatic nitrogens is 2. The highest BCUT2D eigenvalue weighted by Gasteiger charge is 2.37. The third-order valence-corrected chi connectivity index (χ3v) is 6.93. The van der Waals surface area contributed by atoms with Gasteiger partial charge in [-0.15, -0.1) is 0 Å². The SMILES string of the molecule is CC1CCC(c2cncc(Cl)c2)N(C(=O)C(=O)OCC(F)(F)F)C1.CC1CCC(c2cncc(Cl)c2)NC1. The maximum Gasteiger partial charge on any atom is 0.422 e. The highest BCUT2D eigenvalue weighted by atomic mass is 35.5. The molecule has 0 aliphatic carbocycles. The Hall–Kier alpha value is -2.43. The molecule has 1 N–H and O–H groups in total. The second kappa shape index (κ2) is 13.6. The number of likely N-dealkylation sites (tertiary alicyclic amines) is 1. The molecule has 0 radical (unpaired) electrons. The molecular weight excluding hydrogens is 544 g/mol. The molecule has 0 saturated carbocycles. The van der Waals surface area contributed by atoms with E-state index in [9.17, 15) is 22.8 Å². The lowest BCUT2D eigenvalue weighted by Crippen LogP contribution is -2.45. The summed E-state index contributed by atoms with van der Waals surface area (Å²) >= 11 is 11.8. The highest BCUT2D eigenvalue weighted by Crippen LogP contribution is 2.34. The highest BCUT2D eigenvalue weighted by molar-refractivity contribution is 6.32. The van der Waals surface area contributed by atoms with E-state index in [2.05, 4.69) is 26.9 Å². The molecule has 4 heterocycles. The van der Waals surface area contributed by atoms with Crippen molar-refractivity contribution >= 4 is 35.1 Å². The lowest BCUT2D eigenvalue weighted by atomic mass is 9.90. The summed E-state index contributed by atoms with van der Waals surface area (Å²) in [6.45, 7) is 3.73. The minimum absolute atomic E-state index is 0.118. The molecule has 2 fully saturated rings. The molecule has 12 heteroatoms. The molecule has 2 aromatic heterocycles. The van der Waals surface area contributed by atoms with Crippen LogP contribution in [0, 0.1) is 11.8 Å². The van der Waals surface area contributed by atoms with Crippen LogP contribution in [0.1, 0.15) is 62.7 Å². The van der Waals surface area contributed by atoms with Gasteiger partial charge in [0.2, 0.25) is 0 Å². The summed E-state index contributed by atoms with van der Waals surface area (Å²) < 4.78 is 40.5. The Morgan fingerprint density at radius 1 is 0.974 bits per heavy atom. The van der Waals surface area contributed by atoms with Crippen LogP contribution >= 0.6 is 23.2 Å². The average molecular weight is 575 g/mol. The molecule has 7 nitrogen and oxygen atoms in total. The molecule has 2 aliphatic rings. The van der Waals surface area contributed by atoms with Crippen LogP contribution in [0.3, 0.4) is 0 Å². The lowest BCUT2D eigenvalue weighted by Gasteiger charge is -2.38. The van der Waals surface area contributed by atoms with E-state index in [-0.39, 0.29) is 12.5 Å². The first-order valence-electron chi connectivity index (χ1n) is 12.4. The van der Waals surface area contributed by atoms with E-state index in [1.165, 1.54) is 35.7 Å². The first-order valence-corrected chi connectivity index (χ1v) is 13.2. The number of ether oxygens (including phenoxy) is 1. The number of amides is 1. The fourth-order valence-corrected chi connectivity index (χ4v) is 4.93. The number of rotatable bonds is 3. The molecule has 0 bridgehead atoms. The van der Waals surface area contributed by atoms with Gasteiger partial charge in [-0.3, -0.25) is 14.8 Å². The summed E-state index contributed by atoms with van der Waals surface area (Å²) in [5, 5.41) is 4.61. The van der Waals surface area contributed by atoms with Gasteiger partial charge in [0.1, 0.15) is 0 Å². The predicted octanol–water partition coefficient (Wildman–Crippen LogP) is 5.94. The topological polar surface area (TPSA) is 84.4 Å². The van der Waals surface area contributed by atoms with Crippen LogP contribution in [-0.2, 0) is 14.3 Å². The molecule has 0 spiro atoms. The number of halogens is 5. The quantitative estimate of drug-likeness (QED) is 0.361. The Balaban J connectivity index is 0.000000241. The van der Waals surface area contributed by atoms with E-state index in [0.29, 0.717) is 23.0 Å². The molecule has 208 valence electrons. The van der Waals surface area contributed by atoms with Crippen molar-refractivity contribution in [2.75, 3.05) is 19.7 Å². The number of carbonyl (C=O) groups excluding carboxylic acids is 2. The monoisotopic (exact) mass is 574 g/mol. The van der Waals surface area contributed by atoms with Gasteiger partial charge in [0.05, 0.1) is 16.1 Å². The first kappa shape index (κ1) is 30.1. The third kappa shape index (κ3) is 9.10. The van der Waals surface area contributed by atoms with Crippen LogP contribution in [-0.4, -0.2) is 52.6 Å². The number of piperidine rings is 2. The largest absolute Gasteiger partial charge is 0.449 e. The zero-order chi connectivity index (χ0) is 27.9. The van der Waals surface area contributed by atoms with Crippen molar-refractivity contribution < 1.29 is 27.5 Å². The van der Waals surface area contributed by atoms with Crippen molar-refractivity contribution in [3.63, 3.8) is 0 Å². The van der Waals surface area contributed by atoms with E-state index in [1.54, 1.807) is 12.3 Å². The van der Waals surface area contributed by atoms with Crippen LogP contribution in [0.5, 0.6) is 0 Å². The van der Waals surface area contributed by atoms with Gasteiger partial charge < -0.3 is 15.0 Å². The molecule has 2 saturated heterocycles. The molecule has 2 aromatic rings. The minimum atomic E-state index is -4.68. The van der Waals surface area contributed by atoms with Crippen LogP contribution in [0.2, 0.25) is 10.0 Å². The van der Waals surface area contributed by atoms with Crippen LogP contribution in [0.4, 0.5) is 13.2 Å². The van der Waals surface area contributed by atoms with Crippen molar-refractivity contribution in [2.24, 2.45) is 11.8 Å². The second-order valence-electron chi connectivity index (χ2n) is 9.86. The Morgan fingerprint density at radius 3 is 2.16 bits per heavy atom. The Labute approximate surface area is 230 Å². The zero-order valence-corrected chi connectivity index (χ0v) is 22.7. The number of hydrogen-bond donors (Lipinski definition) is 1. The number of nitrogens with one attached hydrogen (secondary N) is 1. The van der Waals surface area contributed by atoms with Crippen molar-refractivity contribution in [3.05, 3.63) is 58.1 Å². The Morgan fingerprint density at radius 2 is 1.58 bits per heavy atom. The van der Waals surface area contributed by atoms with Crippen molar-refractivity contribution in [1.82, 2.24) is 20.2 Å². The number of nitrogens with zero attached hydrogens (tertiary/aromatic N) is 3. The van der Waals surface area contributed by atoms with Gasteiger partial charge in [0, 0.05) is 37.4 Å². The number of carbonyl (C=O) groups is 2. The van der Waals surface area contributed by atoms with Gasteiger partial charge in [-0.05, 0) is 67.3 Å². The van der Waals surface area contributed by atoms with Gasteiger partial charge in [0.25, 0.3) is 0 Å². The predicted molar refractivity (Wildman–Crippen MR) is 138 cm³/mol. The van der Waals surface area contributed by atoms with Crippen molar-refractivity contribution in [2.45, 2.75) is 57.8 Å². The second-order valence-corrected chi connectivity index (χ2v) is 10.7. The lowest BCUT2D eigenvalue weighted by molar-refractivity contribution is -0.190. The fraction of sp³-hybridized carbons (Fsp3) is 0.538. The molecule has 4 atom stereocenters. The summed E-state index contributed by atoms with van der Waals surface area (Å²) in [5.41, 5.74) is 1.84. The maximum absolute atomic E-state index is 12.3. The molecule has 4 unspecified atom stereocenters. The van der Waals surface area contributed by atoms with Gasteiger partial charge in [0.15, 0.2) is 6.61 Å². The molecule has 38 heavy (non-hydrogen) atoms. The Bertz CT molecular complexity index is 1100. The molecule has 4 rings (SSSR count). The summed E-state index contributed by atoms with van der Waals surface area (Å²) in [6.07, 6.45) is 5.68.